The number of benzene rings is 1. The number of sulfonamides is 1. The van der Waals surface area contributed by atoms with Gasteiger partial charge < -0.3 is 10.0 Å². The van der Waals surface area contributed by atoms with Crippen LogP contribution in [0.15, 0.2) is 23.1 Å². The number of ketones is 1. The van der Waals surface area contributed by atoms with Gasteiger partial charge in [0.2, 0.25) is 10.0 Å². The predicted molar refractivity (Wildman–Crippen MR) is 89.1 cm³/mol. The smallest absolute Gasteiger partial charge is 0.240 e. The Morgan fingerprint density at radius 2 is 2.17 bits per heavy atom. The second-order valence-electron chi connectivity index (χ2n) is 6.08. The number of carbonyl (C=O) groups excluding carboxylic acids is 1. The van der Waals surface area contributed by atoms with Gasteiger partial charge in [-0.05, 0) is 44.4 Å². The molecule has 1 aliphatic heterocycles. The predicted octanol–water partition coefficient (Wildman–Crippen LogP) is 1.67. The Kier molecular flexibility index (Phi) is 5.44. The summed E-state index contributed by atoms with van der Waals surface area (Å²) in [6.45, 7) is 4.16. The van der Waals surface area contributed by atoms with Crippen LogP contribution in [0.25, 0.3) is 0 Å². The Morgan fingerprint density at radius 1 is 1.48 bits per heavy atom. The number of aliphatic hydroxyl groups is 1. The number of primary sulfonamides is 1. The minimum absolute atomic E-state index is 0.0192. The van der Waals surface area contributed by atoms with Crippen molar-refractivity contribution in [3.63, 3.8) is 0 Å². The second kappa shape index (κ2) is 6.98. The van der Waals surface area contributed by atoms with E-state index in [-0.39, 0.29) is 16.7 Å². The van der Waals surface area contributed by atoms with E-state index in [1.165, 1.54) is 6.07 Å². The summed E-state index contributed by atoms with van der Waals surface area (Å²) < 4.78 is 24.0. The van der Waals surface area contributed by atoms with E-state index in [1.807, 2.05) is 4.90 Å². The molecule has 128 valence electrons. The van der Waals surface area contributed by atoms with Crippen molar-refractivity contribution in [2.75, 3.05) is 11.4 Å². The molecule has 23 heavy (non-hydrogen) atoms. The second-order valence-corrected chi connectivity index (χ2v) is 7.61. The first kappa shape index (κ1) is 17.9. The first-order valence-corrected chi connectivity index (χ1v) is 9.43. The molecule has 0 spiro atoms. The molecule has 1 heterocycles. The van der Waals surface area contributed by atoms with E-state index in [2.05, 4.69) is 0 Å². The number of Topliss-reactive ketones (excluding diaryl/α,β-unsaturated/α-hetero) is 1. The van der Waals surface area contributed by atoms with Crippen molar-refractivity contribution in [1.29, 1.82) is 0 Å². The number of hydrogen-bond donors (Lipinski definition) is 2. The molecule has 1 aliphatic rings. The van der Waals surface area contributed by atoms with E-state index in [1.54, 1.807) is 26.0 Å². The van der Waals surface area contributed by atoms with Gasteiger partial charge in [0.05, 0.1) is 11.8 Å². The Balaban J connectivity index is 2.47. The van der Waals surface area contributed by atoms with Crippen molar-refractivity contribution in [3.05, 3.63) is 23.8 Å². The van der Waals surface area contributed by atoms with Gasteiger partial charge in [0.15, 0.2) is 5.78 Å². The van der Waals surface area contributed by atoms with Crippen molar-refractivity contribution >= 4 is 21.5 Å². The van der Waals surface area contributed by atoms with Gasteiger partial charge in [0, 0.05) is 24.6 Å². The van der Waals surface area contributed by atoms with Gasteiger partial charge >= 0.3 is 0 Å². The highest BCUT2D eigenvalue weighted by atomic mass is 32.2. The average Bonchev–Trinajstić information content (AvgIpc) is 2.92. The van der Waals surface area contributed by atoms with Crippen molar-refractivity contribution < 1.29 is 18.3 Å². The lowest BCUT2D eigenvalue weighted by molar-refractivity contribution is 0.0988. The molecule has 1 fully saturated rings. The number of hydrogen-bond acceptors (Lipinski definition) is 5. The monoisotopic (exact) mass is 340 g/mol. The minimum atomic E-state index is -3.94. The number of rotatable bonds is 6. The summed E-state index contributed by atoms with van der Waals surface area (Å²) in [6, 6.07) is 4.74. The lowest BCUT2D eigenvalue weighted by Crippen LogP contribution is -2.33. The summed E-state index contributed by atoms with van der Waals surface area (Å²) in [7, 11) is -3.94. The molecule has 0 saturated carbocycles. The van der Waals surface area contributed by atoms with E-state index in [0.29, 0.717) is 30.6 Å². The van der Waals surface area contributed by atoms with Gasteiger partial charge in [-0.25, -0.2) is 13.6 Å². The van der Waals surface area contributed by atoms with Crippen molar-refractivity contribution in [2.24, 2.45) is 5.14 Å². The van der Waals surface area contributed by atoms with Crippen LogP contribution in [0.3, 0.4) is 0 Å². The van der Waals surface area contributed by atoms with Crippen LogP contribution in [0.2, 0.25) is 0 Å². The van der Waals surface area contributed by atoms with Crippen LogP contribution < -0.4 is 10.0 Å². The maximum atomic E-state index is 12.0. The third kappa shape index (κ3) is 4.10. The molecule has 1 aromatic rings. The lowest BCUT2D eigenvalue weighted by Gasteiger charge is -2.29. The summed E-state index contributed by atoms with van der Waals surface area (Å²) >= 11 is 0. The SMILES string of the molecule is CCC(=O)c1ccc(N2CCC[C@H]2C[C@H](C)O)c(S(N)(=O)=O)c1. The third-order valence-electron chi connectivity index (χ3n) is 4.21. The van der Waals surface area contributed by atoms with E-state index in [9.17, 15) is 18.3 Å². The number of anilines is 1. The summed E-state index contributed by atoms with van der Waals surface area (Å²) in [6.07, 6.45) is 2.23. The Morgan fingerprint density at radius 3 is 2.74 bits per heavy atom. The molecule has 0 bridgehead atoms. The summed E-state index contributed by atoms with van der Waals surface area (Å²) in [4.78, 5) is 13.8. The molecule has 0 aromatic heterocycles. The first-order chi connectivity index (χ1) is 10.7. The van der Waals surface area contributed by atoms with Gasteiger partial charge in [0.25, 0.3) is 0 Å². The van der Waals surface area contributed by atoms with Crippen molar-refractivity contribution in [2.45, 2.75) is 56.6 Å². The number of nitrogens with zero attached hydrogens (tertiary/aromatic N) is 1. The lowest BCUT2D eigenvalue weighted by atomic mass is 10.1. The third-order valence-corrected chi connectivity index (χ3v) is 5.15. The van der Waals surface area contributed by atoms with Gasteiger partial charge in [-0.15, -0.1) is 0 Å². The Labute approximate surface area is 137 Å². The number of carbonyl (C=O) groups is 1. The van der Waals surface area contributed by atoms with Gasteiger partial charge in [-0.2, -0.15) is 0 Å². The Hall–Kier alpha value is -1.44. The molecular formula is C16H24N2O4S. The average molecular weight is 340 g/mol. The minimum Gasteiger partial charge on any atom is -0.393 e. The Bertz CT molecular complexity index is 685. The summed E-state index contributed by atoms with van der Waals surface area (Å²) in [5.41, 5.74) is 0.870. The topological polar surface area (TPSA) is 101 Å². The van der Waals surface area contributed by atoms with Gasteiger partial charge in [0.1, 0.15) is 4.90 Å². The molecule has 1 aromatic carbocycles. The molecule has 6 nitrogen and oxygen atoms in total. The standard InChI is InChI=1S/C16H24N2O4S/c1-3-15(20)12-6-7-14(16(10-12)23(17,21)22)18-8-4-5-13(18)9-11(2)19/h6-7,10-11,13,19H,3-5,8-9H2,1-2H3,(H2,17,21,22)/t11-,13-/m0/s1. The highest BCUT2D eigenvalue weighted by molar-refractivity contribution is 7.89. The fourth-order valence-corrected chi connectivity index (χ4v) is 3.92. The summed E-state index contributed by atoms with van der Waals surface area (Å²) in [5, 5.41) is 15.0. The van der Waals surface area contributed by atoms with Gasteiger partial charge in [-0.1, -0.05) is 6.92 Å². The molecule has 2 atom stereocenters. The zero-order chi connectivity index (χ0) is 17.2. The molecule has 1 saturated heterocycles. The first-order valence-electron chi connectivity index (χ1n) is 7.88. The van der Waals surface area contributed by atoms with E-state index < -0.39 is 16.1 Å². The van der Waals surface area contributed by atoms with Crippen LogP contribution in [-0.2, 0) is 10.0 Å². The zero-order valence-corrected chi connectivity index (χ0v) is 14.3. The van der Waals surface area contributed by atoms with E-state index in [4.69, 9.17) is 5.14 Å². The van der Waals surface area contributed by atoms with Crippen LogP contribution in [0, 0.1) is 0 Å². The highest BCUT2D eigenvalue weighted by Crippen LogP contribution is 2.33. The normalized spacial score (nSPS) is 19.8. The van der Waals surface area contributed by atoms with Crippen LogP contribution in [0.1, 0.15) is 49.9 Å². The molecule has 0 aliphatic carbocycles. The fourth-order valence-electron chi connectivity index (χ4n) is 3.15. The van der Waals surface area contributed by atoms with Crippen LogP contribution in [-0.4, -0.2) is 38.0 Å². The van der Waals surface area contributed by atoms with Crippen molar-refractivity contribution in [1.82, 2.24) is 0 Å². The molecule has 2 rings (SSSR count). The largest absolute Gasteiger partial charge is 0.393 e. The highest BCUT2D eigenvalue weighted by Gasteiger charge is 2.30. The summed E-state index contributed by atoms with van der Waals surface area (Å²) in [5.74, 6) is -0.122. The molecule has 0 radical (unpaired) electrons. The van der Waals surface area contributed by atoms with Crippen molar-refractivity contribution in [3.8, 4) is 0 Å². The molecule has 0 amide bonds. The zero-order valence-electron chi connectivity index (χ0n) is 13.5. The van der Waals surface area contributed by atoms with Crippen LogP contribution in [0.5, 0.6) is 0 Å². The van der Waals surface area contributed by atoms with E-state index in [0.717, 1.165) is 12.8 Å². The molecule has 0 unspecified atom stereocenters. The number of nitrogens with two attached hydrogens (primary N) is 1. The molecule has 7 heteroatoms. The fraction of sp³-hybridized carbons (Fsp3) is 0.562. The number of aliphatic hydroxyl groups excluding tert-OH is 1. The molecule has 3 N–H and O–H groups in total. The quantitative estimate of drug-likeness (QED) is 0.767. The van der Waals surface area contributed by atoms with Crippen LogP contribution in [0.4, 0.5) is 5.69 Å². The van der Waals surface area contributed by atoms with Gasteiger partial charge in [-0.3, -0.25) is 4.79 Å². The van der Waals surface area contributed by atoms with Crippen LogP contribution >= 0.6 is 0 Å². The maximum absolute atomic E-state index is 12.0. The van der Waals surface area contributed by atoms with E-state index >= 15 is 0 Å². The maximum Gasteiger partial charge on any atom is 0.240 e. The molecular weight excluding hydrogens is 316 g/mol.